The van der Waals surface area contributed by atoms with Gasteiger partial charge in [0.15, 0.2) is 0 Å². The molecule has 114 valence electrons. The van der Waals surface area contributed by atoms with E-state index in [-0.39, 0.29) is 18.9 Å². The van der Waals surface area contributed by atoms with Crippen LogP contribution in [0, 0.1) is 5.82 Å². The van der Waals surface area contributed by atoms with E-state index in [0.717, 1.165) is 5.56 Å². The molecule has 2 rings (SSSR count). The second-order valence-corrected chi connectivity index (χ2v) is 4.55. The highest BCUT2D eigenvalue weighted by Crippen LogP contribution is 2.18. The van der Waals surface area contributed by atoms with Crippen molar-refractivity contribution in [3.05, 3.63) is 71.6 Å². The maximum Gasteiger partial charge on any atom is 0.407 e. The lowest BCUT2D eigenvalue weighted by Gasteiger charge is -2.05. The summed E-state index contributed by atoms with van der Waals surface area (Å²) >= 11 is 0. The van der Waals surface area contributed by atoms with Crippen molar-refractivity contribution in [2.24, 2.45) is 0 Å². The van der Waals surface area contributed by atoms with E-state index in [9.17, 15) is 14.3 Å². The molecule has 0 heterocycles. The van der Waals surface area contributed by atoms with Crippen LogP contribution >= 0.6 is 0 Å². The molecule has 0 aliphatic heterocycles. The summed E-state index contributed by atoms with van der Waals surface area (Å²) in [5, 5.41) is 12.1. The Morgan fingerprint density at radius 2 is 2.00 bits per heavy atom. The molecule has 0 saturated heterocycles. The molecule has 0 saturated carbocycles. The van der Waals surface area contributed by atoms with Crippen molar-refractivity contribution in [1.29, 1.82) is 0 Å². The van der Waals surface area contributed by atoms with E-state index in [0.29, 0.717) is 5.56 Å². The zero-order chi connectivity index (χ0) is 15.8. The van der Waals surface area contributed by atoms with Gasteiger partial charge in [-0.15, -0.1) is 0 Å². The molecule has 5 heteroatoms. The first kappa shape index (κ1) is 15.6. The molecule has 2 N–H and O–H groups in total. The van der Waals surface area contributed by atoms with E-state index in [1.165, 1.54) is 24.3 Å². The third kappa shape index (κ3) is 4.94. The number of benzene rings is 2. The minimum absolute atomic E-state index is 0.0238. The lowest BCUT2D eigenvalue weighted by atomic mass is 10.2. The van der Waals surface area contributed by atoms with Crippen molar-refractivity contribution >= 4 is 12.2 Å². The first-order valence-corrected chi connectivity index (χ1v) is 6.75. The summed E-state index contributed by atoms with van der Waals surface area (Å²) < 4.78 is 18.0. The Balaban J connectivity index is 1.75. The Morgan fingerprint density at radius 3 is 2.77 bits per heavy atom. The number of carbonyl (C=O) groups is 1. The van der Waals surface area contributed by atoms with Gasteiger partial charge >= 0.3 is 6.09 Å². The number of amides is 1. The second kappa shape index (κ2) is 7.83. The lowest BCUT2D eigenvalue weighted by molar-refractivity contribution is 0.141. The van der Waals surface area contributed by atoms with Gasteiger partial charge in [0, 0.05) is 12.1 Å². The molecule has 0 radical (unpaired) electrons. The van der Waals surface area contributed by atoms with Gasteiger partial charge in [0.25, 0.3) is 0 Å². The van der Waals surface area contributed by atoms with Crippen molar-refractivity contribution in [2.75, 3.05) is 6.54 Å². The summed E-state index contributed by atoms with van der Waals surface area (Å²) in [6.45, 7) is 0.407. The average Bonchev–Trinajstić information content (AvgIpc) is 2.53. The highest BCUT2D eigenvalue weighted by Gasteiger charge is 2.01. The quantitative estimate of drug-likeness (QED) is 0.889. The zero-order valence-electron chi connectivity index (χ0n) is 11.8. The van der Waals surface area contributed by atoms with Crippen LogP contribution < -0.4 is 5.32 Å². The molecule has 1 amide bonds. The van der Waals surface area contributed by atoms with Crippen LogP contribution in [-0.2, 0) is 11.3 Å². The minimum Gasteiger partial charge on any atom is -0.507 e. The van der Waals surface area contributed by atoms with Crippen LogP contribution in [-0.4, -0.2) is 17.7 Å². The van der Waals surface area contributed by atoms with Crippen LogP contribution in [0.1, 0.15) is 11.1 Å². The second-order valence-electron chi connectivity index (χ2n) is 4.55. The summed E-state index contributed by atoms with van der Waals surface area (Å²) in [5.74, 6) is -0.461. The molecule has 0 spiro atoms. The first-order valence-electron chi connectivity index (χ1n) is 6.75. The topological polar surface area (TPSA) is 58.6 Å². The monoisotopic (exact) mass is 301 g/mol. The summed E-state index contributed by atoms with van der Waals surface area (Å²) in [6, 6.07) is 13.0. The normalized spacial score (nSPS) is 10.6. The minimum atomic E-state index is -0.544. The number of ether oxygens (including phenoxy) is 1. The maximum atomic E-state index is 13.0. The lowest BCUT2D eigenvalue weighted by Crippen LogP contribution is -2.24. The zero-order valence-corrected chi connectivity index (χ0v) is 11.8. The van der Waals surface area contributed by atoms with Crippen LogP contribution in [0.5, 0.6) is 5.75 Å². The Morgan fingerprint density at radius 1 is 1.23 bits per heavy atom. The fourth-order valence-corrected chi connectivity index (χ4v) is 1.76. The van der Waals surface area contributed by atoms with E-state index >= 15 is 0 Å². The van der Waals surface area contributed by atoms with Gasteiger partial charge in [-0.1, -0.05) is 42.5 Å². The van der Waals surface area contributed by atoms with Gasteiger partial charge in [-0.2, -0.15) is 0 Å². The average molecular weight is 301 g/mol. The van der Waals surface area contributed by atoms with Crippen molar-refractivity contribution in [3.63, 3.8) is 0 Å². The molecule has 0 fully saturated rings. The molecule has 2 aromatic rings. The Labute approximate surface area is 127 Å². The number of halogens is 1. The number of alkyl carbamates (subject to hydrolysis) is 1. The number of carbonyl (C=O) groups excluding carboxylic acids is 1. The first-order chi connectivity index (χ1) is 10.6. The number of phenols is 1. The molecule has 0 bridgehead atoms. The molecule has 0 aliphatic rings. The highest BCUT2D eigenvalue weighted by molar-refractivity contribution is 5.67. The predicted octanol–water partition coefficient (Wildman–Crippen LogP) is 3.47. The molecule has 0 atom stereocenters. The van der Waals surface area contributed by atoms with Crippen molar-refractivity contribution < 1.29 is 19.0 Å². The van der Waals surface area contributed by atoms with Crippen LogP contribution in [0.3, 0.4) is 0 Å². The fraction of sp³-hybridized carbons (Fsp3) is 0.118. The third-order valence-corrected chi connectivity index (χ3v) is 2.86. The highest BCUT2D eigenvalue weighted by atomic mass is 19.1. The molecule has 2 aromatic carbocycles. The summed E-state index contributed by atoms with van der Waals surface area (Å²) in [4.78, 5) is 11.5. The van der Waals surface area contributed by atoms with E-state index in [1.807, 2.05) is 30.3 Å². The molecule has 0 aliphatic carbocycles. The van der Waals surface area contributed by atoms with Gasteiger partial charge in [0.1, 0.15) is 18.2 Å². The molecular formula is C17H16FNO3. The number of hydrogen-bond acceptors (Lipinski definition) is 3. The Hall–Kier alpha value is -2.82. The van der Waals surface area contributed by atoms with Crippen LogP contribution in [0.15, 0.2) is 54.6 Å². The number of hydrogen-bond donors (Lipinski definition) is 2. The standard InChI is InChI=1S/C17H16FNO3/c18-15-8-9-16(20)14(11-15)7-4-10-19-17(21)22-12-13-5-2-1-3-6-13/h1-9,11,20H,10,12H2,(H,19,21). The number of rotatable bonds is 5. The van der Waals surface area contributed by atoms with Crippen molar-refractivity contribution in [1.82, 2.24) is 5.32 Å². The van der Waals surface area contributed by atoms with Crippen LogP contribution in [0.4, 0.5) is 9.18 Å². The van der Waals surface area contributed by atoms with Gasteiger partial charge in [-0.05, 0) is 23.8 Å². The third-order valence-electron chi connectivity index (χ3n) is 2.86. The predicted molar refractivity (Wildman–Crippen MR) is 81.7 cm³/mol. The van der Waals surface area contributed by atoms with Gasteiger partial charge < -0.3 is 15.2 Å². The smallest absolute Gasteiger partial charge is 0.407 e. The largest absolute Gasteiger partial charge is 0.507 e. The van der Waals surface area contributed by atoms with Gasteiger partial charge in [-0.3, -0.25) is 0 Å². The molecule has 0 aromatic heterocycles. The van der Waals surface area contributed by atoms with Gasteiger partial charge in [0.05, 0.1) is 0 Å². The molecular weight excluding hydrogens is 285 g/mol. The fourth-order valence-electron chi connectivity index (χ4n) is 1.76. The summed E-state index contributed by atoms with van der Waals surface area (Å²) in [7, 11) is 0. The van der Waals surface area contributed by atoms with E-state index in [1.54, 1.807) is 6.08 Å². The Bertz CT molecular complexity index is 656. The van der Waals surface area contributed by atoms with Crippen molar-refractivity contribution in [2.45, 2.75) is 6.61 Å². The molecule has 0 unspecified atom stereocenters. The molecule has 4 nitrogen and oxygen atoms in total. The van der Waals surface area contributed by atoms with Crippen LogP contribution in [0.25, 0.3) is 6.08 Å². The number of aromatic hydroxyl groups is 1. The Kier molecular flexibility index (Phi) is 5.54. The van der Waals surface area contributed by atoms with E-state index < -0.39 is 11.9 Å². The number of nitrogens with one attached hydrogen (secondary N) is 1. The van der Waals surface area contributed by atoms with Gasteiger partial charge in [0.2, 0.25) is 0 Å². The summed E-state index contributed by atoms with van der Waals surface area (Å²) in [6.07, 6.45) is 2.57. The maximum absolute atomic E-state index is 13.0. The van der Waals surface area contributed by atoms with E-state index in [4.69, 9.17) is 4.74 Å². The summed E-state index contributed by atoms with van der Waals surface area (Å²) in [5.41, 5.74) is 1.25. The van der Waals surface area contributed by atoms with Crippen LogP contribution in [0.2, 0.25) is 0 Å². The molecule has 22 heavy (non-hydrogen) atoms. The van der Waals surface area contributed by atoms with Crippen molar-refractivity contribution in [3.8, 4) is 5.75 Å². The number of phenolic OH excluding ortho intramolecular Hbond substituents is 1. The SMILES string of the molecule is O=C(NCC=Cc1cc(F)ccc1O)OCc1ccccc1. The van der Waals surface area contributed by atoms with E-state index in [2.05, 4.69) is 5.32 Å². The van der Waals surface area contributed by atoms with Gasteiger partial charge in [-0.25, -0.2) is 9.18 Å².